The van der Waals surface area contributed by atoms with Crippen molar-refractivity contribution in [1.29, 1.82) is 0 Å². The number of hydrogen-bond donors (Lipinski definition) is 3. The number of nitrogens with zero attached hydrogens (tertiary/aromatic N) is 3. The van der Waals surface area contributed by atoms with Gasteiger partial charge in [-0.2, -0.15) is 5.90 Å². The van der Waals surface area contributed by atoms with E-state index in [2.05, 4.69) is 21.5 Å². The van der Waals surface area contributed by atoms with Crippen LogP contribution >= 0.6 is 0 Å². The van der Waals surface area contributed by atoms with Gasteiger partial charge in [0.1, 0.15) is 5.76 Å². The van der Waals surface area contributed by atoms with Crippen molar-refractivity contribution >= 4 is 12.6 Å². The van der Waals surface area contributed by atoms with Gasteiger partial charge in [-0.1, -0.05) is 0 Å². The zero-order valence-corrected chi connectivity index (χ0v) is 13.7. The molecule has 126 valence electrons. The third-order valence-electron chi connectivity index (χ3n) is 2.87. The van der Waals surface area contributed by atoms with Gasteiger partial charge in [-0.15, -0.1) is 0 Å². The molecule has 8 nitrogen and oxygen atoms in total. The summed E-state index contributed by atoms with van der Waals surface area (Å²) in [5.74, 6) is 5.94. The van der Waals surface area contributed by atoms with E-state index in [4.69, 9.17) is 16.4 Å². The highest BCUT2D eigenvalue weighted by Crippen LogP contribution is 2.07. The number of likely N-dealkylation sites (N-methyl/N-ethyl adjacent to an activating group) is 1. The van der Waals surface area contributed by atoms with Crippen LogP contribution in [0.1, 0.15) is 20.8 Å². The van der Waals surface area contributed by atoms with Crippen LogP contribution in [0.4, 0.5) is 0 Å². The first-order chi connectivity index (χ1) is 10.4. The number of ether oxygens (including phenoxy) is 1. The topological polar surface area (TPSA) is 119 Å². The largest absolute Gasteiger partial charge is 0.416 e. The van der Waals surface area contributed by atoms with Gasteiger partial charge in [0, 0.05) is 30.5 Å². The second-order valence-corrected chi connectivity index (χ2v) is 4.58. The molecule has 0 aliphatic heterocycles. The molecule has 1 unspecified atom stereocenters. The van der Waals surface area contributed by atoms with Gasteiger partial charge >= 0.3 is 0 Å². The average Bonchev–Trinajstić information content (AvgIpc) is 2.50. The van der Waals surface area contributed by atoms with Crippen LogP contribution in [0.5, 0.6) is 0 Å². The molecule has 0 aliphatic carbocycles. The summed E-state index contributed by atoms with van der Waals surface area (Å²) in [4.78, 5) is 14.4. The van der Waals surface area contributed by atoms with Crippen molar-refractivity contribution < 1.29 is 14.7 Å². The monoisotopic (exact) mass is 313 g/mol. The van der Waals surface area contributed by atoms with Crippen LogP contribution in [0.25, 0.3) is 0 Å². The average molecular weight is 313 g/mol. The zero-order valence-electron chi connectivity index (χ0n) is 13.7. The van der Waals surface area contributed by atoms with E-state index in [0.29, 0.717) is 42.6 Å². The summed E-state index contributed by atoms with van der Waals surface area (Å²) < 4.78 is 5.06. The van der Waals surface area contributed by atoms with Crippen LogP contribution in [-0.2, 0) is 9.57 Å². The molecule has 0 aromatic heterocycles. The molecule has 0 aliphatic rings. The number of aliphatic hydroxyl groups excluding tert-OH is 1. The van der Waals surface area contributed by atoms with E-state index in [-0.39, 0.29) is 0 Å². The van der Waals surface area contributed by atoms with Gasteiger partial charge in [0.15, 0.2) is 5.84 Å². The Hall–Kier alpha value is -1.74. The Morgan fingerprint density at radius 3 is 2.59 bits per heavy atom. The first-order valence-electron chi connectivity index (χ1n) is 6.90. The summed E-state index contributed by atoms with van der Waals surface area (Å²) in [6.45, 7) is 10.1. The van der Waals surface area contributed by atoms with Crippen molar-refractivity contribution in [3.8, 4) is 0 Å². The standard InChI is InChI=1S/C14H27N5O3/c1-6-21-14(20)19(5)8-7-18-13(17-4)11(3)12(15)9-10(2)22-16/h9,14,20H,4,6-8,15-16H2,1-3,5H3/b10-9+,12-11?,18-13?. The lowest BCUT2D eigenvalue weighted by atomic mass is 10.2. The maximum atomic E-state index is 9.62. The molecule has 0 bridgehead atoms. The number of hydrogen-bond acceptors (Lipinski definition) is 7. The van der Waals surface area contributed by atoms with Crippen molar-refractivity contribution in [3.05, 3.63) is 23.1 Å². The Bertz CT molecular complexity index is 446. The van der Waals surface area contributed by atoms with Crippen LogP contribution in [0.3, 0.4) is 0 Å². The fraction of sp³-hybridized carbons (Fsp3) is 0.571. The van der Waals surface area contributed by atoms with Crippen molar-refractivity contribution in [2.45, 2.75) is 27.2 Å². The van der Waals surface area contributed by atoms with E-state index < -0.39 is 6.41 Å². The highest BCUT2D eigenvalue weighted by molar-refractivity contribution is 6.01. The molecule has 5 N–H and O–H groups in total. The lowest BCUT2D eigenvalue weighted by molar-refractivity contribution is -0.181. The van der Waals surface area contributed by atoms with E-state index in [9.17, 15) is 5.11 Å². The van der Waals surface area contributed by atoms with Crippen LogP contribution < -0.4 is 11.6 Å². The molecular weight excluding hydrogens is 286 g/mol. The quantitative estimate of drug-likeness (QED) is 0.141. The van der Waals surface area contributed by atoms with E-state index in [1.165, 1.54) is 0 Å². The smallest absolute Gasteiger partial charge is 0.215 e. The molecule has 0 rings (SSSR count). The molecule has 0 fully saturated rings. The maximum absolute atomic E-state index is 9.62. The Labute approximate surface area is 131 Å². The Morgan fingerprint density at radius 1 is 1.45 bits per heavy atom. The summed E-state index contributed by atoms with van der Waals surface area (Å²) in [7, 11) is 1.73. The van der Waals surface area contributed by atoms with Gasteiger partial charge in [-0.3, -0.25) is 9.89 Å². The van der Waals surface area contributed by atoms with Crippen molar-refractivity contribution in [2.24, 2.45) is 21.6 Å². The normalized spacial score (nSPS) is 15.6. The van der Waals surface area contributed by atoms with E-state index in [0.717, 1.165) is 0 Å². The number of amidine groups is 1. The first-order valence-corrected chi connectivity index (χ1v) is 6.90. The molecule has 22 heavy (non-hydrogen) atoms. The van der Waals surface area contributed by atoms with E-state index >= 15 is 0 Å². The van der Waals surface area contributed by atoms with E-state index in [1.54, 1.807) is 31.9 Å². The SMILES string of the molecule is C=NC(=NCCN(C)C(O)OCC)C(C)=C(N)/C=C(\C)ON. The number of rotatable bonds is 9. The van der Waals surface area contributed by atoms with Crippen molar-refractivity contribution in [2.75, 3.05) is 26.7 Å². The van der Waals surface area contributed by atoms with E-state index in [1.807, 2.05) is 6.92 Å². The number of allylic oxidation sites excluding steroid dienone is 2. The third-order valence-corrected chi connectivity index (χ3v) is 2.87. The van der Waals surface area contributed by atoms with Crippen LogP contribution in [0.15, 0.2) is 33.1 Å². The molecule has 0 saturated heterocycles. The predicted molar refractivity (Wildman–Crippen MR) is 88.0 cm³/mol. The molecule has 8 heteroatoms. The van der Waals surface area contributed by atoms with Gasteiger partial charge in [0.25, 0.3) is 0 Å². The second kappa shape index (κ2) is 10.9. The molecule has 0 amide bonds. The second-order valence-electron chi connectivity index (χ2n) is 4.58. The van der Waals surface area contributed by atoms with Gasteiger partial charge in [-0.25, -0.2) is 4.99 Å². The highest BCUT2D eigenvalue weighted by atomic mass is 16.6. The van der Waals surface area contributed by atoms with Gasteiger partial charge in [0.05, 0.1) is 6.54 Å². The van der Waals surface area contributed by atoms with Crippen molar-refractivity contribution in [1.82, 2.24) is 4.90 Å². The Morgan fingerprint density at radius 2 is 2.09 bits per heavy atom. The molecule has 0 heterocycles. The maximum Gasteiger partial charge on any atom is 0.215 e. The fourth-order valence-corrected chi connectivity index (χ4v) is 1.48. The van der Waals surface area contributed by atoms with Gasteiger partial charge < -0.3 is 20.4 Å². The zero-order chi connectivity index (χ0) is 17.1. The minimum Gasteiger partial charge on any atom is -0.416 e. The summed E-state index contributed by atoms with van der Waals surface area (Å²) >= 11 is 0. The highest BCUT2D eigenvalue weighted by Gasteiger charge is 2.10. The summed E-state index contributed by atoms with van der Waals surface area (Å²) in [6.07, 6.45) is 0.635. The third kappa shape index (κ3) is 7.32. The molecule has 0 aromatic carbocycles. The Kier molecular flexibility index (Phi) is 10.0. The van der Waals surface area contributed by atoms with Crippen LogP contribution in [-0.4, -0.2) is 55.7 Å². The molecule has 0 saturated carbocycles. The van der Waals surface area contributed by atoms with Gasteiger partial charge in [0.2, 0.25) is 6.41 Å². The minimum atomic E-state index is -0.950. The number of nitrogens with two attached hydrogens (primary N) is 2. The van der Waals surface area contributed by atoms with Crippen molar-refractivity contribution in [3.63, 3.8) is 0 Å². The summed E-state index contributed by atoms with van der Waals surface area (Å²) in [5.41, 5.74) is 7.03. The molecule has 0 spiro atoms. The summed E-state index contributed by atoms with van der Waals surface area (Å²) in [6, 6.07) is 0. The number of aliphatic hydroxyl groups is 1. The minimum absolute atomic E-state index is 0.412. The molecule has 0 radical (unpaired) electrons. The first kappa shape index (κ1) is 20.3. The van der Waals surface area contributed by atoms with Crippen LogP contribution in [0.2, 0.25) is 0 Å². The van der Waals surface area contributed by atoms with Gasteiger partial charge in [-0.05, 0) is 34.5 Å². The number of aliphatic imine (C=N–C) groups is 2. The molecular formula is C14H27N5O3. The molecule has 1 atom stereocenters. The Balaban J connectivity index is 4.83. The lowest BCUT2D eigenvalue weighted by Crippen LogP contribution is -2.35. The predicted octanol–water partition coefficient (Wildman–Crippen LogP) is 0.357. The fourth-order valence-electron chi connectivity index (χ4n) is 1.48. The molecule has 0 aromatic rings. The summed E-state index contributed by atoms with van der Waals surface area (Å²) in [5, 5.41) is 9.62. The van der Waals surface area contributed by atoms with Crippen LogP contribution in [0, 0.1) is 0 Å². The lowest BCUT2D eigenvalue weighted by Gasteiger charge is -2.21.